The molecule has 1 saturated heterocycles. The molecule has 0 atom stereocenters. The number of carbonyl (C=O) groups is 1. The number of benzene rings is 1. The highest BCUT2D eigenvalue weighted by Crippen LogP contribution is 2.21. The molecule has 28 heavy (non-hydrogen) atoms. The topological polar surface area (TPSA) is 56.7 Å². The summed E-state index contributed by atoms with van der Waals surface area (Å²) >= 11 is 0. The highest BCUT2D eigenvalue weighted by molar-refractivity contribution is 14.0. The zero-order chi connectivity index (χ0) is 18.9. The van der Waals surface area contributed by atoms with Crippen LogP contribution < -0.4 is 10.6 Å². The van der Waals surface area contributed by atoms with Crippen LogP contribution in [0, 0.1) is 5.92 Å². The molecule has 3 rings (SSSR count). The Bertz CT molecular complexity index is 646. The van der Waals surface area contributed by atoms with Gasteiger partial charge in [-0.2, -0.15) is 0 Å². The lowest BCUT2D eigenvalue weighted by Gasteiger charge is -2.32. The van der Waals surface area contributed by atoms with E-state index >= 15 is 0 Å². The van der Waals surface area contributed by atoms with Crippen molar-refractivity contribution in [2.75, 3.05) is 26.2 Å². The summed E-state index contributed by atoms with van der Waals surface area (Å²) in [6.45, 7) is 4.76. The van der Waals surface area contributed by atoms with E-state index < -0.39 is 0 Å². The number of carbonyl (C=O) groups excluding carboxylic acids is 1. The molecule has 0 unspecified atom stereocenters. The van der Waals surface area contributed by atoms with E-state index in [-0.39, 0.29) is 36.4 Å². The van der Waals surface area contributed by atoms with Crippen molar-refractivity contribution in [1.29, 1.82) is 0 Å². The number of halogens is 1. The van der Waals surface area contributed by atoms with Gasteiger partial charge in [-0.3, -0.25) is 4.79 Å². The minimum Gasteiger partial charge on any atom is -0.357 e. The Morgan fingerprint density at radius 2 is 1.82 bits per heavy atom. The molecule has 2 N–H and O–H groups in total. The Kier molecular flexibility index (Phi) is 9.81. The maximum absolute atomic E-state index is 12.6. The molecule has 1 fully saturated rings. The minimum absolute atomic E-state index is 0. The highest BCUT2D eigenvalue weighted by atomic mass is 127. The molecule has 0 spiro atoms. The van der Waals surface area contributed by atoms with Gasteiger partial charge in [0.05, 0.1) is 0 Å². The Balaban J connectivity index is 0.00000280. The van der Waals surface area contributed by atoms with Crippen molar-refractivity contribution in [1.82, 2.24) is 15.5 Å². The monoisotopic (exact) mass is 496 g/mol. The largest absolute Gasteiger partial charge is 0.357 e. The predicted octanol–water partition coefficient (Wildman–Crippen LogP) is 3.36. The van der Waals surface area contributed by atoms with Gasteiger partial charge in [-0.05, 0) is 50.5 Å². The molecule has 1 aliphatic heterocycles. The molecule has 1 amide bonds. The van der Waals surface area contributed by atoms with Crippen LogP contribution in [0.5, 0.6) is 0 Å². The summed E-state index contributed by atoms with van der Waals surface area (Å²) in [5, 5.41) is 6.66. The predicted molar refractivity (Wildman–Crippen MR) is 126 cm³/mol. The maximum Gasteiger partial charge on any atom is 0.244 e. The first-order valence-electron chi connectivity index (χ1n) is 10.3. The van der Waals surface area contributed by atoms with Gasteiger partial charge < -0.3 is 15.5 Å². The fraction of sp³-hybridized carbons (Fsp3) is 0.545. The van der Waals surface area contributed by atoms with Crippen molar-refractivity contribution in [2.24, 2.45) is 10.9 Å². The normalized spacial score (nSPS) is 18.0. The Morgan fingerprint density at radius 3 is 2.46 bits per heavy atom. The first kappa shape index (κ1) is 22.7. The average molecular weight is 496 g/mol. The van der Waals surface area contributed by atoms with E-state index in [9.17, 15) is 4.79 Å². The molecule has 6 heteroatoms. The lowest BCUT2D eigenvalue weighted by molar-refractivity contribution is -0.130. The molecule has 2 aliphatic rings. The van der Waals surface area contributed by atoms with Crippen LogP contribution in [0.1, 0.15) is 38.2 Å². The number of amides is 1. The van der Waals surface area contributed by atoms with Crippen molar-refractivity contribution >= 4 is 35.8 Å². The third kappa shape index (κ3) is 7.11. The van der Waals surface area contributed by atoms with Crippen LogP contribution in [-0.2, 0) is 11.2 Å². The SMILES string of the molecule is CCNC(=NCC(=O)N1CCC(Cc2ccccc2)CC1)NC1CC=CC1.I. The highest BCUT2D eigenvalue weighted by Gasteiger charge is 2.23. The number of piperidine rings is 1. The Hall–Kier alpha value is -1.57. The summed E-state index contributed by atoms with van der Waals surface area (Å²) in [5.41, 5.74) is 1.40. The van der Waals surface area contributed by atoms with Crippen molar-refractivity contribution in [2.45, 2.75) is 45.1 Å². The number of rotatable bonds is 6. The summed E-state index contributed by atoms with van der Waals surface area (Å²) in [6, 6.07) is 11.0. The molecule has 1 aromatic carbocycles. The summed E-state index contributed by atoms with van der Waals surface area (Å²) in [7, 11) is 0. The zero-order valence-corrected chi connectivity index (χ0v) is 19.1. The molecular weight excluding hydrogens is 463 g/mol. The fourth-order valence-corrected chi connectivity index (χ4v) is 3.83. The Labute approximate surface area is 186 Å². The van der Waals surface area contributed by atoms with Crippen LogP contribution in [0.2, 0.25) is 0 Å². The third-order valence-corrected chi connectivity index (χ3v) is 5.40. The van der Waals surface area contributed by atoms with Crippen LogP contribution in [-0.4, -0.2) is 49.0 Å². The summed E-state index contributed by atoms with van der Waals surface area (Å²) in [6.07, 6.45) is 9.69. The third-order valence-electron chi connectivity index (χ3n) is 5.40. The van der Waals surface area contributed by atoms with E-state index in [4.69, 9.17) is 0 Å². The smallest absolute Gasteiger partial charge is 0.244 e. The second-order valence-electron chi connectivity index (χ2n) is 7.49. The van der Waals surface area contributed by atoms with Gasteiger partial charge in [0.1, 0.15) is 6.54 Å². The van der Waals surface area contributed by atoms with Gasteiger partial charge in [-0.15, -0.1) is 24.0 Å². The van der Waals surface area contributed by atoms with Crippen LogP contribution in [0.4, 0.5) is 0 Å². The second kappa shape index (κ2) is 12.1. The Morgan fingerprint density at radius 1 is 1.14 bits per heavy atom. The fourth-order valence-electron chi connectivity index (χ4n) is 3.83. The quantitative estimate of drug-likeness (QED) is 0.275. The van der Waals surface area contributed by atoms with Crippen LogP contribution in [0.15, 0.2) is 47.5 Å². The van der Waals surface area contributed by atoms with E-state index in [1.165, 1.54) is 5.56 Å². The number of hydrogen-bond acceptors (Lipinski definition) is 2. The van der Waals surface area contributed by atoms with Crippen LogP contribution in [0.25, 0.3) is 0 Å². The van der Waals surface area contributed by atoms with Gasteiger partial charge in [0, 0.05) is 25.7 Å². The number of guanidine groups is 1. The van der Waals surface area contributed by atoms with E-state index in [0.29, 0.717) is 12.0 Å². The first-order valence-corrected chi connectivity index (χ1v) is 10.3. The van der Waals surface area contributed by atoms with Gasteiger partial charge in [-0.1, -0.05) is 42.5 Å². The van der Waals surface area contributed by atoms with Gasteiger partial charge in [0.15, 0.2) is 5.96 Å². The summed E-state index contributed by atoms with van der Waals surface area (Å²) < 4.78 is 0. The van der Waals surface area contributed by atoms with Crippen molar-refractivity contribution in [3.63, 3.8) is 0 Å². The maximum atomic E-state index is 12.6. The zero-order valence-electron chi connectivity index (χ0n) is 16.8. The molecule has 1 aliphatic carbocycles. The second-order valence-corrected chi connectivity index (χ2v) is 7.49. The molecule has 0 bridgehead atoms. The van der Waals surface area contributed by atoms with Crippen LogP contribution >= 0.6 is 24.0 Å². The van der Waals surface area contributed by atoms with E-state index in [0.717, 1.165) is 57.7 Å². The lowest BCUT2D eigenvalue weighted by atomic mass is 9.90. The molecule has 0 aromatic heterocycles. The molecule has 0 saturated carbocycles. The van der Waals surface area contributed by atoms with E-state index in [2.05, 4.69) is 58.1 Å². The molecule has 154 valence electrons. The molecule has 5 nitrogen and oxygen atoms in total. The molecule has 1 heterocycles. The van der Waals surface area contributed by atoms with Crippen molar-refractivity contribution in [3.8, 4) is 0 Å². The van der Waals surface area contributed by atoms with E-state index in [1.807, 2.05) is 11.8 Å². The van der Waals surface area contributed by atoms with Crippen molar-refractivity contribution in [3.05, 3.63) is 48.0 Å². The number of hydrogen-bond donors (Lipinski definition) is 2. The summed E-state index contributed by atoms with van der Waals surface area (Å²) in [5.74, 6) is 1.56. The van der Waals surface area contributed by atoms with Crippen LogP contribution in [0.3, 0.4) is 0 Å². The summed E-state index contributed by atoms with van der Waals surface area (Å²) in [4.78, 5) is 19.1. The number of nitrogens with one attached hydrogen (secondary N) is 2. The lowest BCUT2D eigenvalue weighted by Crippen LogP contribution is -2.44. The van der Waals surface area contributed by atoms with Crippen molar-refractivity contribution < 1.29 is 4.79 Å². The van der Waals surface area contributed by atoms with Gasteiger partial charge in [0.2, 0.25) is 5.91 Å². The molecule has 0 radical (unpaired) electrons. The van der Waals surface area contributed by atoms with Gasteiger partial charge in [0.25, 0.3) is 0 Å². The number of aliphatic imine (C=N–C) groups is 1. The number of likely N-dealkylation sites (tertiary alicyclic amines) is 1. The van der Waals surface area contributed by atoms with Gasteiger partial charge >= 0.3 is 0 Å². The molecular formula is C22H33IN4O. The number of nitrogens with zero attached hydrogens (tertiary/aromatic N) is 2. The van der Waals surface area contributed by atoms with Gasteiger partial charge in [-0.25, -0.2) is 4.99 Å². The minimum atomic E-state index is 0. The standard InChI is InChI=1S/C22H32N4O.HI/c1-2-23-22(25-20-10-6-7-11-20)24-17-21(27)26-14-12-19(13-15-26)16-18-8-4-3-5-9-18;/h3-9,19-20H,2,10-17H2,1H3,(H2,23,24,25);1H. The first-order chi connectivity index (χ1) is 13.2. The van der Waals surface area contributed by atoms with E-state index in [1.54, 1.807) is 0 Å². The molecule has 1 aromatic rings. The average Bonchev–Trinajstić information content (AvgIpc) is 3.20.